The minimum absolute atomic E-state index is 0.00564. The van der Waals surface area contributed by atoms with Crippen molar-refractivity contribution in [1.29, 1.82) is 0 Å². The molecule has 204 valence electrons. The molecule has 0 atom stereocenters. The lowest BCUT2D eigenvalue weighted by molar-refractivity contribution is -0.121. The van der Waals surface area contributed by atoms with Gasteiger partial charge in [-0.25, -0.2) is 9.97 Å². The van der Waals surface area contributed by atoms with Gasteiger partial charge in [0.1, 0.15) is 12.4 Å². The molecule has 0 spiro atoms. The molecule has 2 heterocycles. The van der Waals surface area contributed by atoms with Crippen LogP contribution in [0.15, 0.2) is 61.1 Å². The number of rotatable bonds is 13. The normalized spacial score (nSPS) is 10.8. The number of carbonyl (C=O) groups excluding carboxylic acids is 2. The first-order chi connectivity index (χ1) is 19.0. The Morgan fingerprint density at radius 3 is 2.62 bits per heavy atom. The van der Waals surface area contributed by atoms with E-state index in [-0.39, 0.29) is 25.0 Å². The van der Waals surface area contributed by atoms with E-state index < -0.39 is 0 Å². The van der Waals surface area contributed by atoms with E-state index in [0.717, 1.165) is 41.1 Å². The lowest BCUT2D eigenvalue weighted by atomic mass is 10.1. The second-order valence-electron chi connectivity index (χ2n) is 9.05. The molecule has 0 unspecified atom stereocenters. The minimum Gasteiger partial charge on any atom is -0.497 e. The molecule has 10 nitrogen and oxygen atoms in total. The van der Waals surface area contributed by atoms with E-state index in [9.17, 15) is 9.59 Å². The van der Waals surface area contributed by atoms with E-state index in [0.29, 0.717) is 30.1 Å². The van der Waals surface area contributed by atoms with Gasteiger partial charge in [0.25, 0.3) is 0 Å². The molecule has 0 aliphatic carbocycles. The fourth-order valence-corrected chi connectivity index (χ4v) is 4.04. The summed E-state index contributed by atoms with van der Waals surface area (Å²) < 4.78 is 12.6. The van der Waals surface area contributed by atoms with Crippen LogP contribution < -0.4 is 20.7 Å². The number of anilines is 3. The van der Waals surface area contributed by atoms with Crippen LogP contribution in [0.5, 0.6) is 5.75 Å². The summed E-state index contributed by atoms with van der Waals surface area (Å²) in [7, 11) is 1.64. The molecule has 0 aliphatic rings. The number of nitrogens with one attached hydrogen (secondary N) is 3. The first kappa shape index (κ1) is 27.6. The Balaban J connectivity index is 1.33. The number of methoxy groups -OCH3 is 1. The van der Waals surface area contributed by atoms with Gasteiger partial charge in [-0.3, -0.25) is 14.0 Å². The zero-order chi connectivity index (χ0) is 27.6. The minimum atomic E-state index is -0.258. The molecular weight excluding hydrogens is 496 g/mol. The maximum absolute atomic E-state index is 12.3. The maximum atomic E-state index is 12.3. The number of hydrogen-bond donors (Lipinski definition) is 3. The van der Waals surface area contributed by atoms with Crippen LogP contribution in [0.4, 0.5) is 17.2 Å². The number of nitrogens with zero attached hydrogens (tertiary/aromatic N) is 3. The highest BCUT2D eigenvalue weighted by molar-refractivity contribution is 5.92. The number of ether oxygens (including phenoxy) is 2. The molecule has 2 amide bonds. The molecule has 0 fully saturated rings. The molecule has 4 rings (SSSR count). The van der Waals surface area contributed by atoms with Crippen molar-refractivity contribution < 1.29 is 19.1 Å². The van der Waals surface area contributed by atoms with Gasteiger partial charge < -0.3 is 25.4 Å². The summed E-state index contributed by atoms with van der Waals surface area (Å²) in [6, 6.07) is 13.4. The first-order valence-electron chi connectivity index (χ1n) is 13.0. The molecule has 2 aromatic carbocycles. The molecule has 0 aliphatic heterocycles. The number of amides is 2. The summed E-state index contributed by atoms with van der Waals surface area (Å²) in [5.74, 6) is 1.16. The number of fused-ring (bicyclic) bond motifs is 1. The van der Waals surface area contributed by atoms with Gasteiger partial charge in [0.15, 0.2) is 11.5 Å². The van der Waals surface area contributed by atoms with Crippen molar-refractivity contribution >= 4 is 34.7 Å². The lowest BCUT2D eigenvalue weighted by Crippen LogP contribution is -2.28. The van der Waals surface area contributed by atoms with Gasteiger partial charge in [0, 0.05) is 42.3 Å². The average Bonchev–Trinajstić information content (AvgIpc) is 3.38. The number of benzene rings is 2. The van der Waals surface area contributed by atoms with Crippen molar-refractivity contribution in [1.82, 2.24) is 19.7 Å². The van der Waals surface area contributed by atoms with E-state index >= 15 is 0 Å². The number of aromatic nitrogens is 3. The van der Waals surface area contributed by atoms with E-state index in [1.165, 1.54) is 0 Å². The van der Waals surface area contributed by atoms with Crippen LogP contribution in [0, 0.1) is 6.92 Å². The third-order valence-corrected chi connectivity index (χ3v) is 6.14. The lowest BCUT2D eigenvalue weighted by Gasteiger charge is -2.12. The average molecular weight is 531 g/mol. The predicted octanol–water partition coefficient (Wildman–Crippen LogP) is 4.72. The monoisotopic (exact) mass is 530 g/mol. The Kier molecular flexibility index (Phi) is 9.47. The number of imidazole rings is 1. The van der Waals surface area contributed by atoms with Crippen LogP contribution >= 0.6 is 0 Å². The number of aryl methyl sites for hydroxylation is 1. The Labute approximate surface area is 227 Å². The SMILES string of the molecule is CCCCC(=O)NCCOCC(=O)Nc1ccc(Nc2nccn3c(-c4ccc(OC)cc4)cnc23)cc1C. The molecular formula is C29H34N6O4. The van der Waals surface area contributed by atoms with Crippen LogP contribution in [0.1, 0.15) is 31.7 Å². The van der Waals surface area contributed by atoms with Crippen LogP contribution in [-0.2, 0) is 14.3 Å². The summed E-state index contributed by atoms with van der Waals surface area (Å²) in [5.41, 5.74) is 5.03. The van der Waals surface area contributed by atoms with E-state index in [1.54, 1.807) is 13.3 Å². The van der Waals surface area contributed by atoms with Gasteiger partial charge >= 0.3 is 0 Å². The molecule has 0 saturated carbocycles. The van der Waals surface area contributed by atoms with Crippen molar-refractivity contribution in [2.45, 2.75) is 33.1 Å². The standard InChI is InChI=1S/C29H34N6O4/c1-4-5-6-26(36)30-14-16-39-19-27(37)34-24-12-9-22(17-20(24)2)33-28-29-32-18-25(35(29)15-13-31-28)21-7-10-23(38-3)11-8-21/h7-13,15,17-18H,4-6,14,16,19H2,1-3H3,(H,30,36)(H,31,33)(H,34,37). The molecule has 39 heavy (non-hydrogen) atoms. The van der Waals surface area contributed by atoms with Crippen molar-refractivity contribution in [2.75, 3.05) is 37.5 Å². The zero-order valence-corrected chi connectivity index (χ0v) is 22.5. The summed E-state index contributed by atoms with van der Waals surface area (Å²) in [5, 5.41) is 8.99. The highest BCUT2D eigenvalue weighted by atomic mass is 16.5. The fraction of sp³-hybridized carbons (Fsp3) is 0.310. The molecule has 2 aromatic heterocycles. The molecule has 0 saturated heterocycles. The van der Waals surface area contributed by atoms with Crippen LogP contribution in [0.25, 0.3) is 16.9 Å². The summed E-state index contributed by atoms with van der Waals surface area (Å²) >= 11 is 0. The molecule has 3 N–H and O–H groups in total. The van der Waals surface area contributed by atoms with Gasteiger partial charge in [-0.05, 0) is 61.4 Å². The van der Waals surface area contributed by atoms with Gasteiger partial charge in [-0.1, -0.05) is 13.3 Å². The van der Waals surface area contributed by atoms with Crippen molar-refractivity contribution in [3.63, 3.8) is 0 Å². The quantitative estimate of drug-likeness (QED) is 0.214. The summed E-state index contributed by atoms with van der Waals surface area (Å²) in [6.07, 6.45) is 7.77. The van der Waals surface area contributed by atoms with Crippen molar-refractivity contribution in [3.05, 3.63) is 66.6 Å². The largest absolute Gasteiger partial charge is 0.497 e. The van der Waals surface area contributed by atoms with E-state index in [1.807, 2.05) is 73.1 Å². The number of unbranched alkanes of at least 4 members (excludes halogenated alkanes) is 1. The third kappa shape index (κ3) is 7.32. The Morgan fingerprint density at radius 1 is 1.05 bits per heavy atom. The van der Waals surface area contributed by atoms with Gasteiger partial charge in [-0.2, -0.15) is 0 Å². The molecule has 4 aromatic rings. The fourth-order valence-electron chi connectivity index (χ4n) is 4.04. The van der Waals surface area contributed by atoms with E-state index in [4.69, 9.17) is 9.47 Å². The Hall–Kier alpha value is -4.44. The Bertz CT molecular complexity index is 1420. The van der Waals surface area contributed by atoms with Crippen molar-refractivity contribution in [3.8, 4) is 17.0 Å². The van der Waals surface area contributed by atoms with Gasteiger partial charge in [0.2, 0.25) is 11.8 Å². The third-order valence-electron chi connectivity index (χ3n) is 6.14. The van der Waals surface area contributed by atoms with Crippen LogP contribution in [0.3, 0.4) is 0 Å². The highest BCUT2D eigenvalue weighted by Crippen LogP contribution is 2.28. The second kappa shape index (κ2) is 13.4. The summed E-state index contributed by atoms with van der Waals surface area (Å²) in [4.78, 5) is 33.0. The second-order valence-corrected chi connectivity index (χ2v) is 9.05. The highest BCUT2D eigenvalue weighted by Gasteiger charge is 2.12. The Morgan fingerprint density at radius 2 is 1.87 bits per heavy atom. The van der Waals surface area contributed by atoms with Crippen molar-refractivity contribution in [2.24, 2.45) is 0 Å². The zero-order valence-electron chi connectivity index (χ0n) is 22.5. The molecule has 0 bridgehead atoms. The smallest absolute Gasteiger partial charge is 0.250 e. The molecule has 0 radical (unpaired) electrons. The topological polar surface area (TPSA) is 119 Å². The van der Waals surface area contributed by atoms with Gasteiger partial charge in [0.05, 0.1) is 25.6 Å². The molecule has 10 heteroatoms. The van der Waals surface area contributed by atoms with Gasteiger partial charge in [-0.15, -0.1) is 0 Å². The maximum Gasteiger partial charge on any atom is 0.250 e. The van der Waals surface area contributed by atoms with E-state index in [2.05, 4.69) is 25.9 Å². The van der Waals surface area contributed by atoms with Crippen LogP contribution in [0.2, 0.25) is 0 Å². The predicted molar refractivity (Wildman–Crippen MR) is 151 cm³/mol. The number of carbonyl (C=O) groups is 2. The summed E-state index contributed by atoms with van der Waals surface area (Å²) in [6.45, 7) is 4.53. The number of hydrogen-bond acceptors (Lipinski definition) is 7. The van der Waals surface area contributed by atoms with Crippen LogP contribution in [-0.4, -0.2) is 53.1 Å². The first-order valence-corrected chi connectivity index (χ1v) is 13.0.